The van der Waals surface area contributed by atoms with Gasteiger partial charge >= 0.3 is 0 Å². The zero-order valence-corrected chi connectivity index (χ0v) is 10.4. The average Bonchev–Trinajstić information content (AvgIpc) is 2.76. The number of rotatable bonds is 4. The summed E-state index contributed by atoms with van der Waals surface area (Å²) in [4.78, 5) is 10.4. The Bertz CT molecular complexity index is 451. The third-order valence-electron chi connectivity index (χ3n) is 3.68. The molecule has 0 radical (unpaired) electrons. The van der Waals surface area contributed by atoms with E-state index in [0.29, 0.717) is 11.6 Å². The van der Waals surface area contributed by atoms with Crippen LogP contribution in [0.4, 0.5) is 15.8 Å². The van der Waals surface area contributed by atoms with Crippen molar-refractivity contribution in [1.29, 1.82) is 0 Å². The molecule has 1 aromatic carbocycles. The van der Waals surface area contributed by atoms with Crippen molar-refractivity contribution in [3.8, 4) is 0 Å². The maximum absolute atomic E-state index is 13.2. The van der Waals surface area contributed by atoms with Crippen molar-refractivity contribution >= 4 is 11.4 Å². The largest absolute Gasteiger partial charge is 0.376 e. The molecule has 0 bridgehead atoms. The summed E-state index contributed by atoms with van der Waals surface area (Å²) in [5.74, 6) is 0.0713. The third-order valence-corrected chi connectivity index (χ3v) is 3.68. The smallest absolute Gasteiger partial charge is 0.292 e. The van der Waals surface area contributed by atoms with Crippen LogP contribution in [0.5, 0.6) is 0 Å². The van der Waals surface area contributed by atoms with Crippen LogP contribution in [0.1, 0.15) is 32.6 Å². The first kappa shape index (κ1) is 12.8. The van der Waals surface area contributed by atoms with Gasteiger partial charge in [-0.15, -0.1) is 0 Å². The van der Waals surface area contributed by atoms with Crippen LogP contribution in [0.25, 0.3) is 0 Å². The molecule has 4 nitrogen and oxygen atoms in total. The highest BCUT2D eigenvalue weighted by atomic mass is 19.1. The Balaban J connectivity index is 2.22. The van der Waals surface area contributed by atoms with Crippen LogP contribution < -0.4 is 5.32 Å². The van der Waals surface area contributed by atoms with Gasteiger partial charge in [-0.25, -0.2) is 4.39 Å². The van der Waals surface area contributed by atoms with E-state index in [2.05, 4.69) is 12.2 Å². The molecule has 2 atom stereocenters. The minimum atomic E-state index is -0.475. The summed E-state index contributed by atoms with van der Waals surface area (Å²) in [7, 11) is 0. The molecule has 0 spiro atoms. The van der Waals surface area contributed by atoms with Crippen LogP contribution in [0, 0.1) is 21.8 Å². The molecule has 0 heterocycles. The lowest BCUT2D eigenvalue weighted by Crippen LogP contribution is -2.23. The van der Waals surface area contributed by atoms with Gasteiger partial charge in [-0.2, -0.15) is 0 Å². The van der Waals surface area contributed by atoms with Gasteiger partial charge < -0.3 is 5.32 Å². The Morgan fingerprint density at radius 3 is 2.94 bits per heavy atom. The average molecular weight is 252 g/mol. The summed E-state index contributed by atoms with van der Waals surface area (Å²) in [5, 5.41) is 14.1. The predicted octanol–water partition coefficient (Wildman–Crippen LogP) is 3.72. The van der Waals surface area contributed by atoms with Gasteiger partial charge in [0.2, 0.25) is 0 Å². The number of benzene rings is 1. The topological polar surface area (TPSA) is 55.2 Å². The molecular formula is C13H17FN2O2. The van der Waals surface area contributed by atoms with Crippen molar-refractivity contribution in [3.63, 3.8) is 0 Å². The Morgan fingerprint density at radius 1 is 1.50 bits per heavy atom. The fraction of sp³-hybridized carbons (Fsp3) is 0.538. The van der Waals surface area contributed by atoms with Crippen LogP contribution in [-0.2, 0) is 0 Å². The first-order chi connectivity index (χ1) is 8.61. The van der Waals surface area contributed by atoms with E-state index in [1.54, 1.807) is 0 Å². The molecule has 1 saturated carbocycles. The van der Waals surface area contributed by atoms with Gasteiger partial charge in [0.25, 0.3) is 5.69 Å². The van der Waals surface area contributed by atoms with Crippen LogP contribution >= 0.6 is 0 Å². The van der Waals surface area contributed by atoms with Crippen LogP contribution in [0.3, 0.4) is 0 Å². The van der Waals surface area contributed by atoms with Gasteiger partial charge in [0.05, 0.1) is 4.92 Å². The minimum absolute atomic E-state index is 0.0573. The Kier molecular flexibility index (Phi) is 3.79. The maximum atomic E-state index is 13.2. The molecular weight excluding hydrogens is 235 g/mol. The number of hydrogen-bond acceptors (Lipinski definition) is 3. The van der Waals surface area contributed by atoms with Crippen LogP contribution in [0.2, 0.25) is 0 Å². The molecule has 1 N–H and O–H groups in total. The van der Waals surface area contributed by atoms with Crippen molar-refractivity contribution < 1.29 is 9.31 Å². The van der Waals surface area contributed by atoms with E-state index >= 15 is 0 Å². The predicted molar refractivity (Wildman–Crippen MR) is 68.1 cm³/mol. The highest BCUT2D eigenvalue weighted by Gasteiger charge is 2.27. The second-order valence-corrected chi connectivity index (χ2v) is 4.77. The highest BCUT2D eigenvalue weighted by Crippen LogP contribution is 2.33. The van der Waals surface area contributed by atoms with E-state index in [0.717, 1.165) is 31.7 Å². The second-order valence-electron chi connectivity index (χ2n) is 4.77. The van der Waals surface area contributed by atoms with E-state index in [9.17, 15) is 14.5 Å². The summed E-state index contributed by atoms with van der Waals surface area (Å²) in [5.41, 5.74) is 0.239. The quantitative estimate of drug-likeness (QED) is 0.656. The summed E-state index contributed by atoms with van der Waals surface area (Å²) in [6.07, 6.45) is 4.30. The lowest BCUT2D eigenvalue weighted by atomic mass is 10.0. The first-order valence-electron chi connectivity index (χ1n) is 6.32. The summed E-state index contributed by atoms with van der Waals surface area (Å²) in [6, 6.07) is 3.77. The molecule has 1 aliphatic carbocycles. The zero-order valence-electron chi connectivity index (χ0n) is 10.4. The minimum Gasteiger partial charge on any atom is -0.376 e. The number of nitrogens with zero attached hydrogens (tertiary/aromatic N) is 1. The van der Waals surface area contributed by atoms with Gasteiger partial charge in [0, 0.05) is 18.2 Å². The summed E-state index contributed by atoms with van der Waals surface area (Å²) >= 11 is 0. The standard InChI is InChI=1S/C13H17FN2O2/c1-2-9-4-3-5-11(9)15-12-8-10(14)6-7-13(12)16(17)18/h6-9,11,15H,2-5H2,1H3. The van der Waals surface area contributed by atoms with Crippen molar-refractivity contribution in [2.75, 3.05) is 5.32 Å². The molecule has 98 valence electrons. The van der Waals surface area contributed by atoms with Gasteiger partial charge in [0.15, 0.2) is 0 Å². The van der Waals surface area contributed by atoms with Gasteiger partial charge in [-0.05, 0) is 24.8 Å². The molecule has 0 aromatic heterocycles. The number of nitro groups is 1. The highest BCUT2D eigenvalue weighted by molar-refractivity contribution is 5.62. The number of halogens is 1. The summed E-state index contributed by atoms with van der Waals surface area (Å²) < 4.78 is 13.2. The summed E-state index contributed by atoms with van der Waals surface area (Å²) in [6.45, 7) is 2.12. The SMILES string of the molecule is CCC1CCCC1Nc1cc(F)ccc1[N+](=O)[O-]. The zero-order chi connectivity index (χ0) is 13.1. The molecule has 0 saturated heterocycles. The van der Waals surface area contributed by atoms with Crippen molar-refractivity contribution in [3.05, 3.63) is 34.1 Å². The van der Waals surface area contributed by atoms with Crippen molar-refractivity contribution in [2.24, 2.45) is 5.92 Å². The maximum Gasteiger partial charge on any atom is 0.292 e. The van der Waals surface area contributed by atoms with Crippen molar-refractivity contribution in [2.45, 2.75) is 38.6 Å². The number of hydrogen-bond donors (Lipinski definition) is 1. The van der Waals surface area contributed by atoms with Gasteiger partial charge in [-0.1, -0.05) is 19.8 Å². The molecule has 18 heavy (non-hydrogen) atoms. The molecule has 0 amide bonds. The monoisotopic (exact) mass is 252 g/mol. The van der Waals surface area contributed by atoms with E-state index in [1.807, 2.05) is 0 Å². The van der Waals surface area contributed by atoms with E-state index in [1.165, 1.54) is 12.1 Å². The molecule has 2 unspecified atom stereocenters. The third kappa shape index (κ3) is 2.60. The molecule has 1 fully saturated rings. The fourth-order valence-corrected chi connectivity index (χ4v) is 2.70. The van der Waals surface area contributed by atoms with Crippen LogP contribution in [0.15, 0.2) is 18.2 Å². The normalized spacial score (nSPS) is 23.0. The molecule has 1 aromatic rings. The lowest BCUT2D eigenvalue weighted by molar-refractivity contribution is -0.384. The van der Waals surface area contributed by atoms with E-state index in [-0.39, 0.29) is 11.7 Å². The number of anilines is 1. The molecule has 1 aliphatic rings. The number of nitro benzene ring substituents is 1. The molecule has 0 aliphatic heterocycles. The Hall–Kier alpha value is -1.65. The second kappa shape index (κ2) is 5.33. The van der Waals surface area contributed by atoms with E-state index in [4.69, 9.17) is 0 Å². The molecule has 5 heteroatoms. The van der Waals surface area contributed by atoms with Gasteiger partial charge in [0.1, 0.15) is 11.5 Å². The fourth-order valence-electron chi connectivity index (χ4n) is 2.70. The Labute approximate surface area is 105 Å². The number of nitrogens with one attached hydrogen (secondary N) is 1. The van der Waals surface area contributed by atoms with Crippen molar-refractivity contribution in [1.82, 2.24) is 0 Å². The van der Waals surface area contributed by atoms with Gasteiger partial charge in [-0.3, -0.25) is 10.1 Å². The molecule has 2 rings (SSSR count). The van der Waals surface area contributed by atoms with Crippen LogP contribution in [-0.4, -0.2) is 11.0 Å². The van der Waals surface area contributed by atoms with E-state index < -0.39 is 10.7 Å². The lowest BCUT2D eigenvalue weighted by Gasteiger charge is -2.20. The first-order valence-corrected chi connectivity index (χ1v) is 6.32. The Morgan fingerprint density at radius 2 is 2.28 bits per heavy atom.